The van der Waals surface area contributed by atoms with Crippen LogP contribution in [0.25, 0.3) is 0 Å². The fraction of sp³-hybridized carbons (Fsp3) is 0.0667. The molecule has 6 nitrogen and oxygen atoms in total. The lowest BCUT2D eigenvalue weighted by Crippen LogP contribution is -2.20. The number of nitro benzene ring substituents is 1. The smallest absolute Gasteiger partial charge is 0.267 e. The minimum absolute atomic E-state index is 0.0665. The van der Waals surface area contributed by atoms with E-state index < -0.39 is 10.8 Å². The topological polar surface area (TPSA) is 84.6 Å². The van der Waals surface area contributed by atoms with E-state index in [9.17, 15) is 14.9 Å². The number of nitro groups is 1. The molecule has 0 spiro atoms. The van der Waals surface area contributed by atoms with E-state index in [1.54, 1.807) is 25.1 Å². The fourth-order valence-electron chi connectivity index (χ4n) is 1.81. The molecular formula is C15H11Cl2N3O3. The molecular weight excluding hydrogens is 341 g/mol. The molecule has 8 heteroatoms. The average Bonchev–Trinajstić information content (AvgIpc) is 2.54. The molecule has 23 heavy (non-hydrogen) atoms. The van der Waals surface area contributed by atoms with Crippen LogP contribution in [-0.4, -0.2) is 16.5 Å². The summed E-state index contributed by atoms with van der Waals surface area (Å²) in [6.45, 7) is 1.67. The molecule has 1 N–H and O–H groups in total. The molecule has 0 heterocycles. The largest absolute Gasteiger partial charge is 0.282 e. The van der Waals surface area contributed by atoms with Crippen LogP contribution in [-0.2, 0) is 0 Å². The number of benzene rings is 2. The molecule has 0 aliphatic heterocycles. The Morgan fingerprint density at radius 2 is 1.87 bits per heavy atom. The molecule has 0 aromatic heterocycles. The first-order chi connectivity index (χ1) is 10.9. The molecule has 0 radical (unpaired) electrons. The molecule has 2 rings (SSSR count). The summed E-state index contributed by atoms with van der Waals surface area (Å²) in [6.07, 6.45) is 0. The van der Waals surface area contributed by atoms with Crippen molar-refractivity contribution in [3.05, 3.63) is 73.8 Å². The highest BCUT2D eigenvalue weighted by Gasteiger charge is 2.18. The predicted molar refractivity (Wildman–Crippen MR) is 89.2 cm³/mol. The van der Waals surface area contributed by atoms with Crippen molar-refractivity contribution in [1.29, 1.82) is 0 Å². The minimum Gasteiger partial charge on any atom is -0.267 e. The molecule has 1 amide bonds. The Morgan fingerprint density at radius 1 is 1.17 bits per heavy atom. The summed E-state index contributed by atoms with van der Waals surface area (Å²) in [5.74, 6) is -0.670. The molecule has 0 fully saturated rings. The van der Waals surface area contributed by atoms with Gasteiger partial charge in [-0.1, -0.05) is 41.4 Å². The summed E-state index contributed by atoms with van der Waals surface area (Å²) >= 11 is 11.8. The van der Waals surface area contributed by atoms with Crippen molar-refractivity contribution in [2.24, 2.45) is 5.10 Å². The van der Waals surface area contributed by atoms with Crippen molar-refractivity contribution in [3.63, 3.8) is 0 Å². The Labute approximate surface area is 141 Å². The minimum atomic E-state index is -0.670. The zero-order valence-corrected chi connectivity index (χ0v) is 13.4. The number of carbonyl (C=O) groups excluding carboxylic acids is 1. The maximum Gasteiger partial charge on any atom is 0.282 e. The standard InChI is InChI=1S/C15H11Cl2N3O3/c1-9(10-6-7-12(16)13(17)8-10)18-19-15(21)11-4-2-3-5-14(11)20(22)23/h2-8H,1H3,(H,19,21). The van der Waals surface area contributed by atoms with Gasteiger partial charge in [-0.2, -0.15) is 5.10 Å². The molecule has 0 saturated carbocycles. The zero-order chi connectivity index (χ0) is 17.0. The molecule has 0 aliphatic carbocycles. The maximum atomic E-state index is 12.1. The SMILES string of the molecule is CC(=NNC(=O)c1ccccc1[N+](=O)[O-])c1ccc(Cl)c(Cl)c1. The van der Waals surface area contributed by atoms with Gasteiger partial charge in [-0.15, -0.1) is 0 Å². The van der Waals surface area contributed by atoms with Gasteiger partial charge in [0.25, 0.3) is 11.6 Å². The highest BCUT2D eigenvalue weighted by molar-refractivity contribution is 6.42. The van der Waals surface area contributed by atoms with Crippen LogP contribution >= 0.6 is 23.2 Å². The first-order valence-electron chi connectivity index (χ1n) is 6.43. The Morgan fingerprint density at radius 3 is 2.52 bits per heavy atom. The van der Waals surface area contributed by atoms with Gasteiger partial charge in [0.05, 0.1) is 20.7 Å². The van der Waals surface area contributed by atoms with E-state index in [1.165, 1.54) is 24.3 Å². The lowest BCUT2D eigenvalue weighted by molar-refractivity contribution is -0.385. The second kappa shape index (κ2) is 7.21. The monoisotopic (exact) mass is 351 g/mol. The number of halogens is 2. The van der Waals surface area contributed by atoms with Gasteiger partial charge < -0.3 is 0 Å². The van der Waals surface area contributed by atoms with Crippen LogP contribution < -0.4 is 5.43 Å². The Bertz CT molecular complexity index is 806. The summed E-state index contributed by atoms with van der Waals surface area (Å²) in [4.78, 5) is 22.4. The summed E-state index contributed by atoms with van der Waals surface area (Å²) in [6, 6.07) is 10.6. The summed E-state index contributed by atoms with van der Waals surface area (Å²) in [7, 11) is 0. The van der Waals surface area contributed by atoms with Gasteiger partial charge in [0, 0.05) is 6.07 Å². The highest BCUT2D eigenvalue weighted by atomic mass is 35.5. The van der Waals surface area contributed by atoms with Crippen LogP contribution in [0.1, 0.15) is 22.8 Å². The van der Waals surface area contributed by atoms with Crippen molar-refractivity contribution < 1.29 is 9.72 Å². The number of para-hydroxylation sites is 1. The molecule has 2 aromatic carbocycles. The summed E-state index contributed by atoms with van der Waals surface area (Å²) in [5, 5.41) is 15.6. The van der Waals surface area contributed by atoms with Crippen LogP contribution in [0.15, 0.2) is 47.6 Å². The number of hydrogen-bond donors (Lipinski definition) is 1. The molecule has 0 unspecified atom stereocenters. The van der Waals surface area contributed by atoms with Crippen LogP contribution in [0, 0.1) is 10.1 Å². The van der Waals surface area contributed by atoms with Gasteiger partial charge in [-0.25, -0.2) is 5.43 Å². The summed E-state index contributed by atoms with van der Waals surface area (Å²) < 4.78 is 0. The summed E-state index contributed by atoms with van der Waals surface area (Å²) in [5.41, 5.74) is 3.09. The third-order valence-corrected chi connectivity index (χ3v) is 3.75. The molecule has 0 aliphatic rings. The third kappa shape index (κ3) is 4.06. The van der Waals surface area contributed by atoms with Crippen LogP contribution in [0.5, 0.6) is 0 Å². The number of amides is 1. The van der Waals surface area contributed by atoms with Gasteiger partial charge >= 0.3 is 0 Å². The number of rotatable bonds is 4. The quantitative estimate of drug-likeness (QED) is 0.512. The Kier molecular flexibility index (Phi) is 5.31. The van der Waals surface area contributed by atoms with Gasteiger partial charge in [0.1, 0.15) is 5.56 Å². The van der Waals surface area contributed by atoms with E-state index in [0.717, 1.165) is 0 Å². The van der Waals surface area contributed by atoms with Crippen molar-refractivity contribution in [2.45, 2.75) is 6.92 Å². The lowest BCUT2D eigenvalue weighted by atomic mass is 10.1. The van der Waals surface area contributed by atoms with E-state index in [2.05, 4.69) is 10.5 Å². The van der Waals surface area contributed by atoms with Crippen molar-refractivity contribution in [3.8, 4) is 0 Å². The number of nitrogens with one attached hydrogen (secondary N) is 1. The van der Waals surface area contributed by atoms with E-state index >= 15 is 0 Å². The van der Waals surface area contributed by atoms with Gasteiger partial charge in [-0.05, 0) is 30.7 Å². The fourth-order valence-corrected chi connectivity index (χ4v) is 2.10. The average molecular weight is 352 g/mol. The number of carbonyl (C=O) groups is 1. The van der Waals surface area contributed by atoms with Crippen molar-refractivity contribution in [2.75, 3.05) is 0 Å². The van der Waals surface area contributed by atoms with Crippen LogP contribution in [0.3, 0.4) is 0 Å². The van der Waals surface area contributed by atoms with Crippen LogP contribution in [0.2, 0.25) is 10.0 Å². The first kappa shape index (κ1) is 16.9. The van der Waals surface area contributed by atoms with E-state index in [4.69, 9.17) is 23.2 Å². The maximum absolute atomic E-state index is 12.1. The van der Waals surface area contributed by atoms with Crippen molar-refractivity contribution >= 4 is 40.5 Å². The van der Waals surface area contributed by atoms with Crippen molar-refractivity contribution in [1.82, 2.24) is 5.43 Å². The van der Waals surface area contributed by atoms with E-state index in [-0.39, 0.29) is 11.3 Å². The molecule has 0 bridgehead atoms. The number of nitrogens with zero attached hydrogens (tertiary/aromatic N) is 2. The molecule has 0 atom stereocenters. The molecule has 0 saturated heterocycles. The normalized spacial score (nSPS) is 11.2. The first-order valence-corrected chi connectivity index (χ1v) is 7.19. The van der Waals surface area contributed by atoms with Gasteiger partial charge in [0.2, 0.25) is 0 Å². The van der Waals surface area contributed by atoms with E-state index in [0.29, 0.717) is 21.3 Å². The Hall–Kier alpha value is -2.44. The number of hydrazone groups is 1. The third-order valence-electron chi connectivity index (χ3n) is 3.01. The zero-order valence-electron chi connectivity index (χ0n) is 11.9. The predicted octanol–water partition coefficient (Wildman–Crippen LogP) is 4.06. The Balaban J connectivity index is 2.20. The number of hydrogen-bond acceptors (Lipinski definition) is 4. The second-order valence-electron chi connectivity index (χ2n) is 4.54. The van der Waals surface area contributed by atoms with Crippen LogP contribution in [0.4, 0.5) is 5.69 Å². The molecule has 2 aromatic rings. The second-order valence-corrected chi connectivity index (χ2v) is 5.36. The highest BCUT2D eigenvalue weighted by Crippen LogP contribution is 2.23. The van der Waals surface area contributed by atoms with Gasteiger partial charge in [0.15, 0.2) is 0 Å². The van der Waals surface area contributed by atoms with Gasteiger partial charge in [-0.3, -0.25) is 14.9 Å². The van der Waals surface area contributed by atoms with E-state index in [1.807, 2.05) is 0 Å². The lowest BCUT2D eigenvalue weighted by Gasteiger charge is -2.05. The molecule has 118 valence electrons.